The first kappa shape index (κ1) is 20.7. The van der Waals surface area contributed by atoms with Gasteiger partial charge in [-0.15, -0.1) is 0 Å². The Morgan fingerprint density at radius 1 is 1.10 bits per heavy atom. The van der Waals surface area contributed by atoms with Gasteiger partial charge in [-0.2, -0.15) is 0 Å². The lowest BCUT2D eigenvalue weighted by molar-refractivity contribution is -0.892. The first-order valence-electron chi connectivity index (χ1n) is 10.3. The number of rotatable bonds is 6. The predicted octanol–water partition coefficient (Wildman–Crippen LogP) is 1.31. The van der Waals surface area contributed by atoms with Gasteiger partial charge in [0, 0.05) is 17.1 Å². The van der Waals surface area contributed by atoms with E-state index in [-0.39, 0.29) is 11.6 Å². The van der Waals surface area contributed by atoms with Crippen LogP contribution in [0.1, 0.15) is 10.5 Å². The third-order valence-electron chi connectivity index (χ3n) is 5.66. The van der Waals surface area contributed by atoms with Crippen molar-refractivity contribution in [3.63, 3.8) is 0 Å². The van der Waals surface area contributed by atoms with E-state index in [2.05, 4.69) is 27.3 Å². The van der Waals surface area contributed by atoms with Crippen molar-refractivity contribution >= 4 is 34.2 Å². The number of fused-ring (bicyclic) bond motifs is 1. The van der Waals surface area contributed by atoms with Crippen molar-refractivity contribution in [3.05, 3.63) is 54.2 Å². The molecule has 1 aliphatic rings. The Labute approximate surface area is 180 Å². The number of nitrogens with one attached hydrogen (secondary N) is 3. The van der Waals surface area contributed by atoms with E-state index in [1.807, 2.05) is 24.3 Å². The summed E-state index contributed by atoms with van der Waals surface area (Å²) in [4.78, 5) is 31.7. The Bertz CT molecular complexity index is 1070. The Morgan fingerprint density at radius 2 is 1.84 bits per heavy atom. The molecule has 1 aliphatic heterocycles. The van der Waals surface area contributed by atoms with Gasteiger partial charge in [0.25, 0.3) is 5.91 Å². The maximum atomic E-state index is 12.8. The molecule has 0 radical (unpaired) electrons. The van der Waals surface area contributed by atoms with Crippen LogP contribution in [0.15, 0.2) is 48.5 Å². The number of hydrogen-bond acceptors (Lipinski definition) is 5. The number of benzene rings is 2. The molecule has 0 saturated carbocycles. The molecule has 1 aromatic heterocycles. The van der Waals surface area contributed by atoms with Crippen molar-refractivity contribution in [1.82, 2.24) is 4.98 Å². The van der Waals surface area contributed by atoms with E-state index >= 15 is 0 Å². The fraction of sp³-hybridized carbons (Fsp3) is 0.304. The van der Waals surface area contributed by atoms with Gasteiger partial charge in [-0.05, 0) is 24.3 Å². The first-order chi connectivity index (χ1) is 15.1. The summed E-state index contributed by atoms with van der Waals surface area (Å²) in [7, 11) is 2.89. The van der Waals surface area contributed by atoms with Crippen LogP contribution in [-0.2, 0) is 9.53 Å². The number of ether oxygens (including phenoxy) is 2. The van der Waals surface area contributed by atoms with Gasteiger partial charge in [-0.3, -0.25) is 4.79 Å². The van der Waals surface area contributed by atoms with Crippen LogP contribution in [-0.4, -0.2) is 63.8 Å². The topological polar surface area (TPSA) is 88.1 Å². The van der Waals surface area contributed by atoms with Gasteiger partial charge in [0.1, 0.15) is 11.4 Å². The molecule has 0 atom stereocenters. The minimum Gasteiger partial charge on any atom is -0.497 e. The molecule has 0 aliphatic carbocycles. The molecule has 8 nitrogen and oxygen atoms in total. The van der Waals surface area contributed by atoms with Gasteiger partial charge in [-0.1, -0.05) is 18.2 Å². The lowest BCUT2D eigenvalue weighted by Gasteiger charge is -2.33. The van der Waals surface area contributed by atoms with Gasteiger partial charge in [0.15, 0.2) is 6.54 Å². The number of aromatic amines is 1. The summed E-state index contributed by atoms with van der Waals surface area (Å²) >= 11 is 0. The van der Waals surface area contributed by atoms with Gasteiger partial charge in [-0.25, -0.2) is 4.79 Å². The third kappa shape index (κ3) is 4.49. The van der Waals surface area contributed by atoms with E-state index in [4.69, 9.17) is 9.47 Å². The average Bonchev–Trinajstić information content (AvgIpc) is 3.16. The second-order valence-electron chi connectivity index (χ2n) is 7.58. The molecule has 31 heavy (non-hydrogen) atoms. The smallest absolute Gasteiger partial charge is 0.356 e. The number of quaternary nitrogens is 1. The summed E-state index contributed by atoms with van der Waals surface area (Å²) in [6.45, 7) is 3.88. The molecule has 0 bridgehead atoms. The quantitative estimate of drug-likeness (QED) is 0.521. The SMILES string of the molecule is COC(=O)c1[nH]c2cc(OC)ccc2c1NC(=O)C[NH+]1CCN(c2ccccc2)CC1. The minimum atomic E-state index is -0.533. The zero-order chi connectivity index (χ0) is 21.8. The average molecular weight is 423 g/mol. The van der Waals surface area contributed by atoms with E-state index < -0.39 is 5.97 Å². The molecule has 4 rings (SSSR count). The highest BCUT2D eigenvalue weighted by Gasteiger charge is 2.25. The van der Waals surface area contributed by atoms with Gasteiger partial charge in [0.05, 0.1) is 51.6 Å². The maximum absolute atomic E-state index is 12.8. The number of aromatic nitrogens is 1. The summed E-state index contributed by atoms with van der Waals surface area (Å²) in [6, 6.07) is 15.7. The van der Waals surface area contributed by atoms with Crippen LogP contribution >= 0.6 is 0 Å². The number of carbonyl (C=O) groups excluding carboxylic acids is 2. The second kappa shape index (κ2) is 9.09. The lowest BCUT2D eigenvalue weighted by Crippen LogP contribution is -3.15. The molecule has 0 spiro atoms. The van der Waals surface area contributed by atoms with E-state index in [1.54, 1.807) is 19.2 Å². The molecule has 3 aromatic rings. The van der Waals surface area contributed by atoms with E-state index in [0.717, 1.165) is 31.6 Å². The van der Waals surface area contributed by atoms with E-state index in [0.29, 0.717) is 23.5 Å². The highest BCUT2D eigenvalue weighted by molar-refractivity contribution is 6.11. The number of methoxy groups -OCH3 is 2. The van der Waals surface area contributed by atoms with Crippen LogP contribution in [0.3, 0.4) is 0 Å². The predicted molar refractivity (Wildman–Crippen MR) is 119 cm³/mol. The number of esters is 1. The largest absolute Gasteiger partial charge is 0.497 e. The third-order valence-corrected chi connectivity index (χ3v) is 5.66. The number of hydrogen-bond donors (Lipinski definition) is 3. The molecular formula is C23H27N4O4+. The van der Waals surface area contributed by atoms with Crippen LogP contribution in [0.5, 0.6) is 5.75 Å². The highest BCUT2D eigenvalue weighted by Crippen LogP contribution is 2.31. The van der Waals surface area contributed by atoms with Crippen LogP contribution in [0.25, 0.3) is 10.9 Å². The zero-order valence-corrected chi connectivity index (χ0v) is 17.7. The number of anilines is 2. The number of piperazine rings is 1. The number of para-hydroxylation sites is 1. The molecule has 2 aromatic carbocycles. The molecule has 1 fully saturated rings. The minimum absolute atomic E-state index is 0.134. The molecule has 2 heterocycles. The molecule has 3 N–H and O–H groups in total. The normalized spacial score (nSPS) is 14.5. The zero-order valence-electron chi connectivity index (χ0n) is 17.7. The molecule has 1 amide bonds. The fourth-order valence-electron chi connectivity index (χ4n) is 4.00. The number of nitrogens with zero attached hydrogens (tertiary/aromatic N) is 1. The van der Waals surface area contributed by atoms with Crippen molar-refractivity contribution in [2.75, 3.05) is 57.2 Å². The molecule has 162 valence electrons. The van der Waals surface area contributed by atoms with Gasteiger partial charge < -0.3 is 29.6 Å². The Morgan fingerprint density at radius 3 is 2.52 bits per heavy atom. The van der Waals surface area contributed by atoms with Crippen LogP contribution < -0.4 is 19.9 Å². The molecule has 1 saturated heterocycles. The molecule has 0 unspecified atom stereocenters. The fourth-order valence-corrected chi connectivity index (χ4v) is 4.00. The Kier molecular flexibility index (Phi) is 6.08. The van der Waals surface area contributed by atoms with Crippen LogP contribution in [0.2, 0.25) is 0 Å². The van der Waals surface area contributed by atoms with Crippen molar-refractivity contribution in [3.8, 4) is 5.75 Å². The van der Waals surface area contributed by atoms with Crippen molar-refractivity contribution in [1.29, 1.82) is 0 Å². The van der Waals surface area contributed by atoms with E-state index in [1.165, 1.54) is 17.7 Å². The van der Waals surface area contributed by atoms with E-state index in [9.17, 15) is 9.59 Å². The second-order valence-corrected chi connectivity index (χ2v) is 7.58. The Hall–Kier alpha value is -3.52. The summed E-state index contributed by atoms with van der Waals surface area (Å²) in [6.07, 6.45) is 0. The number of amides is 1. The summed E-state index contributed by atoms with van der Waals surface area (Å²) in [5, 5.41) is 3.66. The van der Waals surface area contributed by atoms with Crippen LogP contribution in [0.4, 0.5) is 11.4 Å². The van der Waals surface area contributed by atoms with Crippen molar-refractivity contribution in [2.45, 2.75) is 0 Å². The summed E-state index contributed by atoms with van der Waals surface area (Å²) in [5.41, 5.74) is 2.57. The van der Waals surface area contributed by atoms with Gasteiger partial charge >= 0.3 is 5.97 Å². The van der Waals surface area contributed by atoms with Gasteiger partial charge in [0.2, 0.25) is 0 Å². The van der Waals surface area contributed by atoms with Crippen molar-refractivity contribution < 1.29 is 24.0 Å². The van der Waals surface area contributed by atoms with Crippen molar-refractivity contribution in [2.24, 2.45) is 0 Å². The van der Waals surface area contributed by atoms with Crippen LogP contribution in [0, 0.1) is 0 Å². The lowest BCUT2D eigenvalue weighted by atomic mass is 10.2. The monoisotopic (exact) mass is 423 g/mol. The standard InChI is InChI=1S/C23H26N4O4/c1-30-17-8-9-18-19(14-17)24-22(23(29)31-2)21(18)25-20(28)15-26-10-12-27(13-11-26)16-6-4-3-5-7-16/h3-9,14,24H,10-13,15H2,1-2H3,(H,25,28)/p+1. The summed E-state index contributed by atoms with van der Waals surface area (Å²) in [5.74, 6) is -0.0110. The first-order valence-corrected chi connectivity index (χ1v) is 10.3. The number of H-pyrrole nitrogens is 1. The molecular weight excluding hydrogens is 396 g/mol. The maximum Gasteiger partial charge on any atom is 0.356 e. The molecule has 8 heteroatoms. The summed E-state index contributed by atoms with van der Waals surface area (Å²) < 4.78 is 10.1. The Balaban J connectivity index is 1.44. The number of carbonyl (C=O) groups is 2. The highest BCUT2D eigenvalue weighted by atomic mass is 16.5.